The molecule has 0 spiro atoms. The Kier molecular flexibility index (Phi) is 5.45. The third-order valence-electron chi connectivity index (χ3n) is 3.65. The lowest BCUT2D eigenvalue weighted by molar-refractivity contribution is 0.180. The summed E-state index contributed by atoms with van der Waals surface area (Å²) in [6, 6.07) is 4.41. The minimum Gasteiger partial charge on any atom is -0.490 e. The molecule has 0 aliphatic carbocycles. The highest BCUT2D eigenvalue weighted by Gasteiger charge is 2.16. The molecule has 1 aromatic heterocycles. The highest BCUT2D eigenvalue weighted by atomic mass is 16.5. The van der Waals surface area contributed by atoms with Crippen LogP contribution in [0, 0.1) is 0 Å². The number of nitrogens with one attached hydrogen (secondary N) is 1. The van der Waals surface area contributed by atoms with Gasteiger partial charge in [0.1, 0.15) is 0 Å². The van der Waals surface area contributed by atoms with Gasteiger partial charge in [-0.15, -0.1) is 0 Å². The largest absolute Gasteiger partial charge is 0.490 e. The summed E-state index contributed by atoms with van der Waals surface area (Å²) in [6.45, 7) is 8.31. The molecule has 4 heteroatoms. The summed E-state index contributed by atoms with van der Waals surface area (Å²) >= 11 is 0. The van der Waals surface area contributed by atoms with E-state index in [0.717, 1.165) is 18.1 Å². The number of rotatable bonds is 6. The third-order valence-corrected chi connectivity index (χ3v) is 3.65. The van der Waals surface area contributed by atoms with Gasteiger partial charge >= 0.3 is 0 Å². The summed E-state index contributed by atoms with van der Waals surface area (Å²) in [4.78, 5) is 6.92. The van der Waals surface area contributed by atoms with Crippen LogP contribution in [-0.2, 0) is 0 Å². The van der Waals surface area contributed by atoms with Crippen LogP contribution in [0.4, 0.5) is 5.82 Å². The Morgan fingerprint density at radius 1 is 1.37 bits per heavy atom. The van der Waals surface area contributed by atoms with Crippen LogP contribution in [0.15, 0.2) is 18.3 Å². The summed E-state index contributed by atoms with van der Waals surface area (Å²) in [6.07, 6.45) is 5.85. The lowest BCUT2D eigenvalue weighted by atomic mass is 10.1. The molecule has 1 unspecified atom stereocenters. The molecule has 2 heterocycles. The van der Waals surface area contributed by atoms with Gasteiger partial charge in [0.2, 0.25) is 0 Å². The zero-order chi connectivity index (χ0) is 13.5. The van der Waals surface area contributed by atoms with Crippen LogP contribution in [0.1, 0.15) is 33.1 Å². The monoisotopic (exact) mass is 263 g/mol. The summed E-state index contributed by atoms with van der Waals surface area (Å²) in [5, 5.41) is 3.42. The number of nitrogens with zero attached hydrogens (tertiary/aromatic N) is 2. The minimum atomic E-state index is 0.539. The molecule has 19 heavy (non-hydrogen) atoms. The fourth-order valence-corrected chi connectivity index (χ4v) is 2.53. The van der Waals surface area contributed by atoms with Crippen molar-refractivity contribution in [3.05, 3.63) is 18.3 Å². The molecule has 0 bridgehead atoms. The van der Waals surface area contributed by atoms with Crippen molar-refractivity contribution in [3.63, 3.8) is 0 Å². The van der Waals surface area contributed by atoms with Gasteiger partial charge in [0.25, 0.3) is 0 Å². The Bertz CT molecular complexity index is 377. The first-order valence-electron chi connectivity index (χ1n) is 7.37. The molecule has 1 fully saturated rings. The van der Waals surface area contributed by atoms with Crippen molar-refractivity contribution in [1.29, 1.82) is 0 Å². The van der Waals surface area contributed by atoms with Crippen molar-refractivity contribution < 1.29 is 4.74 Å². The van der Waals surface area contributed by atoms with Crippen LogP contribution < -0.4 is 10.1 Å². The van der Waals surface area contributed by atoms with Crippen molar-refractivity contribution in [2.24, 2.45) is 0 Å². The van der Waals surface area contributed by atoms with E-state index in [2.05, 4.69) is 22.1 Å². The van der Waals surface area contributed by atoms with Crippen molar-refractivity contribution in [2.75, 3.05) is 31.6 Å². The molecule has 0 saturated carbocycles. The summed E-state index contributed by atoms with van der Waals surface area (Å²) in [5.74, 6) is 1.70. The molecule has 1 aromatic rings. The van der Waals surface area contributed by atoms with Gasteiger partial charge in [-0.1, -0.05) is 6.42 Å². The van der Waals surface area contributed by atoms with Gasteiger partial charge in [-0.3, -0.25) is 4.90 Å². The van der Waals surface area contributed by atoms with Crippen LogP contribution in [0.5, 0.6) is 5.75 Å². The van der Waals surface area contributed by atoms with Gasteiger partial charge in [0.05, 0.1) is 6.61 Å². The van der Waals surface area contributed by atoms with Crippen molar-refractivity contribution in [1.82, 2.24) is 9.88 Å². The number of piperidine rings is 1. The third kappa shape index (κ3) is 4.10. The highest BCUT2D eigenvalue weighted by molar-refractivity contribution is 5.49. The van der Waals surface area contributed by atoms with Crippen LogP contribution in [0.3, 0.4) is 0 Å². The SMILES string of the molecule is CCOc1cccnc1NCC(C)N1CCCCC1. The second-order valence-corrected chi connectivity index (χ2v) is 5.11. The second-order valence-electron chi connectivity index (χ2n) is 5.11. The smallest absolute Gasteiger partial charge is 0.168 e. The summed E-state index contributed by atoms with van der Waals surface area (Å²) < 4.78 is 5.58. The average Bonchev–Trinajstić information content (AvgIpc) is 2.47. The highest BCUT2D eigenvalue weighted by Crippen LogP contribution is 2.21. The summed E-state index contributed by atoms with van der Waals surface area (Å²) in [7, 11) is 0. The van der Waals surface area contributed by atoms with Gasteiger partial charge < -0.3 is 10.1 Å². The van der Waals surface area contributed by atoms with Gasteiger partial charge in [-0.2, -0.15) is 0 Å². The number of likely N-dealkylation sites (tertiary alicyclic amines) is 1. The molecular weight excluding hydrogens is 238 g/mol. The topological polar surface area (TPSA) is 37.4 Å². The molecule has 1 atom stereocenters. The van der Waals surface area contributed by atoms with E-state index in [1.54, 1.807) is 6.20 Å². The molecule has 0 aromatic carbocycles. The maximum absolute atomic E-state index is 5.58. The predicted octanol–water partition coefficient (Wildman–Crippen LogP) is 2.77. The van der Waals surface area contributed by atoms with E-state index in [9.17, 15) is 0 Å². The van der Waals surface area contributed by atoms with E-state index < -0.39 is 0 Å². The van der Waals surface area contributed by atoms with Crippen LogP contribution >= 0.6 is 0 Å². The first kappa shape index (κ1) is 14.1. The number of ether oxygens (including phenoxy) is 1. The minimum absolute atomic E-state index is 0.539. The van der Waals surface area contributed by atoms with Crippen LogP contribution in [0.2, 0.25) is 0 Å². The molecule has 0 amide bonds. The predicted molar refractivity (Wildman–Crippen MR) is 78.8 cm³/mol. The quantitative estimate of drug-likeness (QED) is 0.856. The Balaban J connectivity index is 1.87. The van der Waals surface area contributed by atoms with Crippen molar-refractivity contribution >= 4 is 5.82 Å². The molecule has 1 aliphatic rings. The Labute approximate surface area is 116 Å². The van der Waals surface area contributed by atoms with Crippen LogP contribution in [-0.4, -0.2) is 42.2 Å². The lowest BCUT2D eigenvalue weighted by Crippen LogP contribution is -2.41. The van der Waals surface area contributed by atoms with E-state index in [0.29, 0.717) is 12.6 Å². The number of anilines is 1. The number of pyridine rings is 1. The molecule has 1 saturated heterocycles. The van der Waals surface area contributed by atoms with Crippen molar-refractivity contribution in [3.8, 4) is 5.75 Å². The van der Waals surface area contributed by atoms with Gasteiger partial charge in [0, 0.05) is 18.8 Å². The molecular formula is C15H25N3O. The molecule has 1 aliphatic heterocycles. The van der Waals surface area contributed by atoms with E-state index in [-0.39, 0.29) is 0 Å². The maximum Gasteiger partial charge on any atom is 0.168 e. The van der Waals surface area contributed by atoms with Crippen LogP contribution in [0.25, 0.3) is 0 Å². The number of aromatic nitrogens is 1. The van der Waals surface area contributed by atoms with Gasteiger partial charge in [-0.25, -0.2) is 4.98 Å². The van der Waals surface area contributed by atoms with E-state index in [1.807, 2.05) is 19.1 Å². The average molecular weight is 263 g/mol. The van der Waals surface area contributed by atoms with E-state index >= 15 is 0 Å². The van der Waals surface area contributed by atoms with Gasteiger partial charge in [0.15, 0.2) is 11.6 Å². The van der Waals surface area contributed by atoms with E-state index in [4.69, 9.17) is 4.74 Å². The van der Waals surface area contributed by atoms with E-state index in [1.165, 1.54) is 32.4 Å². The Hall–Kier alpha value is -1.29. The van der Waals surface area contributed by atoms with Crippen molar-refractivity contribution in [2.45, 2.75) is 39.2 Å². The maximum atomic E-state index is 5.58. The molecule has 4 nitrogen and oxygen atoms in total. The molecule has 1 N–H and O–H groups in total. The molecule has 106 valence electrons. The molecule has 2 rings (SSSR count). The lowest BCUT2D eigenvalue weighted by Gasteiger charge is -2.32. The Morgan fingerprint density at radius 2 is 2.16 bits per heavy atom. The number of hydrogen-bond donors (Lipinski definition) is 1. The fourth-order valence-electron chi connectivity index (χ4n) is 2.53. The fraction of sp³-hybridized carbons (Fsp3) is 0.667. The molecule has 0 radical (unpaired) electrons. The second kappa shape index (κ2) is 7.34. The normalized spacial score (nSPS) is 18.0. The number of hydrogen-bond acceptors (Lipinski definition) is 4. The summed E-state index contributed by atoms with van der Waals surface area (Å²) in [5.41, 5.74) is 0. The standard InChI is InChI=1S/C15H25N3O/c1-3-19-14-8-7-9-16-15(14)17-12-13(2)18-10-5-4-6-11-18/h7-9,13H,3-6,10-12H2,1-2H3,(H,16,17). The first-order valence-corrected chi connectivity index (χ1v) is 7.37. The van der Waals surface area contributed by atoms with Gasteiger partial charge in [-0.05, 0) is 51.9 Å². The first-order chi connectivity index (χ1) is 9.31. The zero-order valence-corrected chi connectivity index (χ0v) is 12.1. The Morgan fingerprint density at radius 3 is 2.89 bits per heavy atom. The zero-order valence-electron chi connectivity index (χ0n) is 12.1.